The lowest BCUT2D eigenvalue weighted by Gasteiger charge is -2.10. The summed E-state index contributed by atoms with van der Waals surface area (Å²) in [6.07, 6.45) is 0. The maximum atomic E-state index is 6.87. The number of aromatic nitrogens is 3. The van der Waals surface area contributed by atoms with E-state index in [0.29, 0.717) is 5.95 Å². The molecule has 0 saturated heterocycles. The van der Waals surface area contributed by atoms with Crippen LogP contribution in [-0.2, 0) is 0 Å². The van der Waals surface area contributed by atoms with Gasteiger partial charge in [-0.25, -0.2) is 9.97 Å². The van der Waals surface area contributed by atoms with Gasteiger partial charge in [0.15, 0.2) is 0 Å². The molecule has 13 aromatic rings. The number of hydrogen-bond acceptors (Lipinski definition) is 5. The highest BCUT2D eigenvalue weighted by molar-refractivity contribution is 7.26. The molecule has 0 bridgehead atoms. The molecule has 5 nitrogen and oxygen atoms in total. The minimum absolute atomic E-state index is 0.602. The molecule has 0 spiro atoms. The van der Waals surface area contributed by atoms with Crippen molar-refractivity contribution >= 4 is 108 Å². The molecule has 0 aliphatic heterocycles. The Bertz CT molecular complexity index is 3770. The van der Waals surface area contributed by atoms with E-state index in [0.717, 1.165) is 92.5 Å². The number of benzene rings is 8. The van der Waals surface area contributed by atoms with Gasteiger partial charge >= 0.3 is 0 Å². The van der Waals surface area contributed by atoms with E-state index in [2.05, 4.69) is 156 Å². The summed E-state index contributed by atoms with van der Waals surface area (Å²) in [6, 6.07) is 57.6. The highest BCUT2D eigenvalue weighted by Crippen LogP contribution is 2.45. The van der Waals surface area contributed by atoms with Gasteiger partial charge in [0.25, 0.3) is 0 Å². The predicted octanol–water partition coefficient (Wildman–Crippen LogP) is 14.2. The zero-order valence-electron chi connectivity index (χ0n) is 29.7. The molecule has 5 heterocycles. The van der Waals surface area contributed by atoms with Crippen LogP contribution >= 0.6 is 11.3 Å². The van der Waals surface area contributed by atoms with E-state index in [9.17, 15) is 0 Å². The van der Waals surface area contributed by atoms with Crippen molar-refractivity contribution in [3.8, 4) is 28.3 Å². The summed E-state index contributed by atoms with van der Waals surface area (Å²) in [5.74, 6) is 0.602. The van der Waals surface area contributed by atoms with E-state index in [1.54, 1.807) is 11.3 Å². The number of nitrogens with zero attached hydrogens (tertiary/aromatic N) is 3. The van der Waals surface area contributed by atoms with Crippen molar-refractivity contribution < 1.29 is 8.83 Å². The van der Waals surface area contributed by atoms with E-state index in [1.807, 2.05) is 12.1 Å². The predicted molar refractivity (Wildman–Crippen MR) is 232 cm³/mol. The van der Waals surface area contributed by atoms with E-state index in [1.165, 1.54) is 26.6 Å². The number of thiophene rings is 1. The number of hydrogen-bond donors (Lipinski definition) is 0. The molecule has 5 aromatic heterocycles. The first-order valence-electron chi connectivity index (χ1n) is 18.7. The van der Waals surface area contributed by atoms with Crippen molar-refractivity contribution in [1.29, 1.82) is 0 Å². The van der Waals surface area contributed by atoms with Gasteiger partial charge in [0.1, 0.15) is 22.3 Å². The quantitative estimate of drug-likeness (QED) is 0.181. The van der Waals surface area contributed by atoms with E-state index < -0.39 is 0 Å². The van der Waals surface area contributed by atoms with Crippen LogP contribution < -0.4 is 0 Å². The number of fused-ring (bicyclic) bond motifs is 15. The smallest absolute Gasteiger partial charge is 0.235 e. The van der Waals surface area contributed by atoms with Crippen molar-refractivity contribution in [2.45, 2.75) is 0 Å². The van der Waals surface area contributed by atoms with Crippen molar-refractivity contribution in [1.82, 2.24) is 14.5 Å². The third-order valence-corrected chi connectivity index (χ3v) is 12.6. The highest BCUT2D eigenvalue weighted by atomic mass is 32.1. The van der Waals surface area contributed by atoms with Gasteiger partial charge in [0.2, 0.25) is 5.95 Å². The van der Waals surface area contributed by atoms with Crippen LogP contribution in [0.5, 0.6) is 0 Å². The van der Waals surface area contributed by atoms with Crippen LogP contribution in [-0.4, -0.2) is 14.5 Å². The van der Waals surface area contributed by atoms with Gasteiger partial charge in [-0.2, -0.15) is 0 Å². The Labute approximate surface area is 322 Å². The molecule has 0 fully saturated rings. The van der Waals surface area contributed by atoms with Crippen LogP contribution in [0.1, 0.15) is 0 Å². The zero-order valence-corrected chi connectivity index (χ0v) is 30.5. The molecule has 0 unspecified atom stereocenters. The maximum absolute atomic E-state index is 6.87. The molecule has 0 amide bonds. The summed E-state index contributed by atoms with van der Waals surface area (Å²) in [4.78, 5) is 10.9. The van der Waals surface area contributed by atoms with Crippen molar-refractivity contribution in [2.75, 3.05) is 0 Å². The SMILES string of the molecule is c1ccc(-c2ccc3c(ccc4oc5c(ccc6c5c5ccccc5n6-c5nc(-c6cccc7c6oc6ccccc67)c6sc7ccccc7c6n5)c43)c2)cc1. The Hall–Kier alpha value is -7.28. The Morgan fingerprint density at radius 3 is 2.16 bits per heavy atom. The lowest BCUT2D eigenvalue weighted by molar-refractivity contribution is 0.670. The van der Waals surface area contributed by atoms with E-state index in [-0.39, 0.29) is 0 Å². The molecule has 13 rings (SSSR count). The summed E-state index contributed by atoms with van der Waals surface area (Å²) >= 11 is 1.73. The molecular formula is C50H27N3O2S. The Morgan fingerprint density at radius 2 is 1.23 bits per heavy atom. The number of rotatable bonds is 3. The second-order valence-corrected chi connectivity index (χ2v) is 15.5. The molecule has 8 aromatic carbocycles. The van der Waals surface area contributed by atoms with Crippen LogP contribution in [0.2, 0.25) is 0 Å². The van der Waals surface area contributed by atoms with Crippen molar-refractivity contribution in [2.24, 2.45) is 0 Å². The van der Waals surface area contributed by atoms with Crippen molar-refractivity contribution in [3.05, 3.63) is 164 Å². The minimum Gasteiger partial charge on any atom is -0.455 e. The first kappa shape index (κ1) is 30.1. The Morgan fingerprint density at radius 1 is 0.464 bits per heavy atom. The summed E-state index contributed by atoms with van der Waals surface area (Å²) in [5.41, 5.74) is 10.5. The van der Waals surface area contributed by atoms with Crippen LogP contribution in [0.25, 0.3) is 125 Å². The highest BCUT2D eigenvalue weighted by Gasteiger charge is 2.24. The van der Waals surface area contributed by atoms with Crippen molar-refractivity contribution in [3.63, 3.8) is 0 Å². The van der Waals surface area contributed by atoms with E-state index >= 15 is 0 Å². The lowest BCUT2D eigenvalue weighted by Crippen LogP contribution is -2.02. The first-order valence-corrected chi connectivity index (χ1v) is 19.6. The fourth-order valence-corrected chi connectivity index (χ4v) is 10.1. The number of furan rings is 2. The monoisotopic (exact) mass is 733 g/mol. The van der Waals surface area contributed by atoms with Gasteiger partial charge in [-0.3, -0.25) is 4.57 Å². The molecule has 0 radical (unpaired) electrons. The Balaban J connectivity index is 1.10. The summed E-state index contributed by atoms with van der Waals surface area (Å²) in [7, 11) is 0. The second-order valence-electron chi connectivity index (χ2n) is 14.5. The second kappa shape index (κ2) is 11.1. The molecular weight excluding hydrogens is 707 g/mol. The summed E-state index contributed by atoms with van der Waals surface area (Å²) in [6.45, 7) is 0. The summed E-state index contributed by atoms with van der Waals surface area (Å²) in [5, 5.41) is 9.97. The average Bonchev–Trinajstić information content (AvgIpc) is 4.02. The fraction of sp³-hybridized carbons (Fsp3) is 0. The zero-order chi connectivity index (χ0) is 36.5. The molecule has 0 aliphatic rings. The molecule has 0 N–H and O–H groups in total. The van der Waals surface area contributed by atoms with Crippen LogP contribution in [0, 0.1) is 0 Å². The Kier molecular flexibility index (Phi) is 5.98. The average molecular weight is 734 g/mol. The van der Waals surface area contributed by atoms with E-state index in [4.69, 9.17) is 18.8 Å². The van der Waals surface area contributed by atoms with Gasteiger partial charge < -0.3 is 8.83 Å². The topological polar surface area (TPSA) is 57.0 Å². The van der Waals surface area contributed by atoms with Gasteiger partial charge in [-0.05, 0) is 70.4 Å². The lowest BCUT2D eigenvalue weighted by atomic mass is 9.98. The third kappa shape index (κ3) is 4.08. The normalized spacial score (nSPS) is 12.3. The summed E-state index contributed by atoms with van der Waals surface area (Å²) < 4.78 is 17.9. The minimum atomic E-state index is 0.602. The molecule has 0 saturated carbocycles. The molecule has 0 atom stereocenters. The first-order chi connectivity index (χ1) is 27.8. The van der Waals surface area contributed by atoms with Gasteiger partial charge in [0, 0.05) is 42.6 Å². The van der Waals surface area contributed by atoms with Crippen LogP contribution in [0.15, 0.2) is 173 Å². The molecule has 56 heavy (non-hydrogen) atoms. The molecule has 6 heteroatoms. The maximum Gasteiger partial charge on any atom is 0.235 e. The van der Waals surface area contributed by atoms with Gasteiger partial charge in [0.05, 0.1) is 32.3 Å². The van der Waals surface area contributed by atoms with Crippen LogP contribution in [0.3, 0.4) is 0 Å². The fourth-order valence-electron chi connectivity index (χ4n) is 8.94. The standard InChI is InChI=1S/C50H27N3O2S/c1-2-11-28(12-3-1)29-21-23-31-30(27-29)22-26-41-43(31)36-24-25-39-44(48(36)55-41)34-14-4-7-18-38(34)53(39)50-51-45-35-15-6-9-20-42(35)56-49(45)46(52-50)37-17-10-16-33-32-13-5-8-19-40(32)54-47(33)37/h1-27H. The largest absolute Gasteiger partial charge is 0.455 e. The molecule has 260 valence electrons. The number of para-hydroxylation sites is 3. The molecule has 0 aliphatic carbocycles. The van der Waals surface area contributed by atoms with Gasteiger partial charge in [-0.1, -0.05) is 115 Å². The third-order valence-electron chi connectivity index (χ3n) is 11.4. The van der Waals surface area contributed by atoms with Gasteiger partial charge in [-0.15, -0.1) is 11.3 Å². The van der Waals surface area contributed by atoms with Crippen LogP contribution in [0.4, 0.5) is 0 Å².